The van der Waals surface area contributed by atoms with E-state index in [1.54, 1.807) is 31.2 Å². The number of carbonyl (C=O) groups excluding carboxylic acids is 2. The molecule has 0 spiro atoms. The average molecular weight is 468 g/mol. The minimum absolute atomic E-state index is 0.0290. The van der Waals surface area contributed by atoms with Gasteiger partial charge in [0.1, 0.15) is 29.1 Å². The molecule has 2 aromatic rings. The van der Waals surface area contributed by atoms with Crippen LogP contribution in [0.3, 0.4) is 0 Å². The number of Topliss-reactive ketones (excluding diaryl/α,β-unsaturated/α-hetero) is 1. The first kappa shape index (κ1) is 24.1. The van der Waals surface area contributed by atoms with Gasteiger partial charge in [-0.15, -0.1) is 0 Å². The highest BCUT2D eigenvalue weighted by Crippen LogP contribution is 2.42. The van der Waals surface area contributed by atoms with Gasteiger partial charge in [-0.2, -0.15) is 0 Å². The summed E-state index contributed by atoms with van der Waals surface area (Å²) in [4.78, 5) is 27.8. The average Bonchev–Trinajstić information content (AvgIpc) is 3.50. The first-order valence-corrected chi connectivity index (χ1v) is 11.9. The van der Waals surface area contributed by atoms with Gasteiger partial charge < -0.3 is 23.9 Å². The molecule has 2 aliphatic rings. The monoisotopic (exact) mass is 467 g/mol. The molecule has 0 bridgehead atoms. The predicted octanol–water partition coefficient (Wildman–Crippen LogP) is 4.88. The van der Waals surface area contributed by atoms with E-state index in [-0.39, 0.29) is 29.4 Å². The van der Waals surface area contributed by atoms with Crippen molar-refractivity contribution in [1.29, 1.82) is 0 Å². The summed E-state index contributed by atoms with van der Waals surface area (Å²) in [6, 6.07) is 8.07. The third kappa shape index (κ3) is 4.49. The van der Waals surface area contributed by atoms with Crippen molar-refractivity contribution in [2.45, 2.75) is 65.0 Å². The van der Waals surface area contributed by atoms with Crippen LogP contribution >= 0.6 is 0 Å². The lowest BCUT2D eigenvalue weighted by molar-refractivity contribution is -0.141. The maximum atomic E-state index is 13.2. The van der Waals surface area contributed by atoms with Crippen molar-refractivity contribution >= 4 is 17.4 Å². The van der Waals surface area contributed by atoms with E-state index in [4.69, 9.17) is 13.9 Å². The van der Waals surface area contributed by atoms with E-state index in [1.807, 2.05) is 13.0 Å². The number of aryl methyl sites for hydroxylation is 1. The SMILES string of the molecule is CCOc1ccc(/C(O)=C2/C(=O)C(=O)N(CC3CCCO3)C2c2ccc(C)o2)cc1C(C)(C)C. The number of ether oxygens (including phenoxy) is 2. The smallest absolute Gasteiger partial charge is 0.295 e. The number of aliphatic hydroxyl groups excluding tert-OH is 1. The quantitative estimate of drug-likeness (QED) is 0.370. The van der Waals surface area contributed by atoms with Crippen LogP contribution in [0.2, 0.25) is 0 Å². The van der Waals surface area contributed by atoms with Crippen LogP contribution in [0.25, 0.3) is 5.76 Å². The number of hydrogen-bond donors (Lipinski definition) is 1. The van der Waals surface area contributed by atoms with Crippen LogP contribution in [0.15, 0.2) is 40.3 Å². The second-order valence-corrected chi connectivity index (χ2v) is 9.93. The Balaban J connectivity index is 1.83. The van der Waals surface area contributed by atoms with Gasteiger partial charge >= 0.3 is 0 Å². The number of nitrogens with zero attached hydrogens (tertiary/aromatic N) is 1. The molecule has 1 N–H and O–H groups in total. The van der Waals surface area contributed by atoms with Crippen LogP contribution in [-0.2, 0) is 19.7 Å². The number of benzene rings is 1. The molecule has 1 aromatic heterocycles. The summed E-state index contributed by atoms with van der Waals surface area (Å²) in [6.07, 6.45) is 1.59. The third-order valence-electron chi connectivity index (χ3n) is 6.36. The number of rotatable bonds is 6. The van der Waals surface area contributed by atoms with Gasteiger partial charge in [-0.25, -0.2) is 0 Å². The van der Waals surface area contributed by atoms with Crippen LogP contribution < -0.4 is 4.74 Å². The van der Waals surface area contributed by atoms with Gasteiger partial charge in [-0.05, 0) is 62.4 Å². The first-order valence-electron chi connectivity index (χ1n) is 11.9. The molecule has 2 atom stereocenters. The molecule has 0 aliphatic carbocycles. The van der Waals surface area contributed by atoms with Crippen molar-refractivity contribution in [3.05, 3.63) is 58.6 Å². The second-order valence-electron chi connectivity index (χ2n) is 9.93. The normalized spacial score (nSPS) is 22.6. The molecule has 34 heavy (non-hydrogen) atoms. The maximum Gasteiger partial charge on any atom is 0.295 e. The highest BCUT2D eigenvalue weighted by Gasteiger charge is 2.48. The Labute approximate surface area is 200 Å². The Morgan fingerprint density at radius 2 is 1.97 bits per heavy atom. The molecule has 7 heteroatoms. The highest BCUT2D eigenvalue weighted by atomic mass is 16.5. The molecule has 3 heterocycles. The molecule has 1 aromatic carbocycles. The summed E-state index contributed by atoms with van der Waals surface area (Å²) in [5.74, 6) is 0.232. The van der Waals surface area contributed by atoms with E-state index in [0.29, 0.717) is 30.3 Å². The Bertz CT molecular complexity index is 1120. The van der Waals surface area contributed by atoms with E-state index < -0.39 is 17.7 Å². The zero-order valence-corrected chi connectivity index (χ0v) is 20.5. The lowest BCUT2D eigenvalue weighted by atomic mass is 9.84. The van der Waals surface area contributed by atoms with E-state index in [2.05, 4.69) is 20.8 Å². The zero-order chi connectivity index (χ0) is 24.6. The summed E-state index contributed by atoms with van der Waals surface area (Å²) in [5.41, 5.74) is 1.13. The van der Waals surface area contributed by atoms with Crippen molar-refractivity contribution in [1.82, 2.24) is 4.90 Å². The number of hydrogen-bond acceptors (Lipinski definition) is 6. The molecular weight excluding hydrogens is 434 g/mol. The lowest BCUT2D eigenvalue weighted by Crippen LogP contribution is -2.36. The fourth-order valence-corrected chi connectivity index (χ4v) is 4.67. The topological polar surface area (TPSA) is 89.2 Å². The van der Waals surface area contributed by atoms with Crippen molar-refractivity contribution in [2.75, 3.05) is 19.8 Å². The van der Waals surface area contributed by atoms with Crippen LogP contribution in [0.4, 0.5) is 0 Å². The van der Waals surface area contributed by atoms with Gasteiger partial charge in [-0.1, -0.05) is 20.8 Å². The Kier molecular flexibility index (Phi) is 6.58. The molecule has 2 fully saturated rings. The van der Waals surface area contributed by atoms with Crippen LogP contribution in [0.5, 0.6) is 5.75 Å². The summed E-state index contributed by atoms with van der Waals surface area (Å²) >= 11 is 0. The third-order valence-corrected chi connectivity index (χ3v) is 6.36. The molecule has 2 unspecified atom stereocenters. The highest BCUT2D eigenvalue weighted by molar-refractivity contribution is 6.46. The number of furan rings is 1. The van der Waals surface area contributed by atoms with Crippen molar-refractivity contribution in [3.63, 3.8) is 0 Å². The summed E-state index contributed by atoms with van der Waals surface area (Å²) < 4.78 is 17.4. The zero-order valence-electron chi connectivity index (χ0n) is 20.5. The summed E-state index contributed by atoms with van der Waals surface area (Å²) in [5, 5.41) is 11.4. The molecule has 182 valence electrons. The van der Waals surface area contributed by atoms with Crippen LogP contribution in [0.1, 0.15) is 69.2 Å². The van der Waals surface area contributed by atoms with Crippen LogP contribution in [-0.4, -0.2) is 47.6 Å². The number of ketones is 1. The minimum atomic E-state index is -0.817. The second kappa shape index (κ2) is 9.29. The molecule has 4 rings (SSSR count). The van der Waals surface area contributed by atoms with E-state index >= 15 is 0 Å². The van der Waals surface area contributed by atoms with Gasteiger partial charge in [0.2, 0.25) is 0 Å². The first-order chi connectivity index (χ1) is 16.1. The fourth-order valence-electron chi connectivity index (χ4n) is 4.67. The van der Waals surface area contributed by atoms with Gasteiger partial charge in [0, 0.05) is 24.3 Å². The van der Waals surface area contributed by atoms with E-state index in [9.17, 15) is 14.7 Å². The maximum absolute atomic E-state index is 13.2. The van der Waals surface area contributed by atoms with E-state index in [1.165, 1.54) is 4.90 Å². The molecule has 7 nitrogen and oxygen atoms in total. The largest absolute Gasteiger partial charge is 0.507 e. The van der Waals surface area contributed by atoms with Gasteiger partial charge in [0.15, 0.2) is 0 Å². The van der Waals surface area contributed by atoms with Crippen LogP contribution in [0, 0.1) is 6.92 Å². The standard InChI is InChI=1S/C27H33NO6/c1-6-32-20-12-10-17(14-19(20)27(3,4)5)24(29)22-23(21-11-9-16(2)34-21)28(26(31)25(22)30)15-18-8-7-13-33-18/h9-12,14,18,23,29H,6-8,13,15H2,1-5H3/b24-22-. The summed E-state index contributed by atoms with van der Waals surface area (Å²) in [6.45, 7) is 11.3. The number of amides is 1. The van der Waals surface area contributed by atoms with Gasteiger partial charge in [-0.3, -0.25) is 9.59 Å². The fraction of sp³-hybridized carbons (Fsp3) is 0.481. The lowest BCUT2D eigenvalue weighted by Gasteiger charge is -2.26. The minimum Gasteiger partial charge on any atom is -0.507 e. The molecule has 2 saturated heterocycles. The Hall–Kier alpha value is -3.06. The molecule has 0 radical (unpaired) electrons. The van der Waals surface area contributed by atoms with Crippen molar-refractivity contribution < 1.29 is 28.6 Å². The number of carbonyl (C=O) groups is 2. The molecule has 2 aliphatic heterocycles. The molecular formula is C27H33NO6. The van der Waals surface area contributed by atoms with Crippen molar-refractivity contribution in [3.8, 4) is 5.75 Å². The number of aliphatic hydroxyl groups is 1. The number of likely N-dealkylation sites (tertiary alicyclic amines) is 1. The van der Waals surface area contributed by atoms with Gasteiger partial charge in [0.25, 0.3) is 11.7 Å². The van der Waals surface area contributed by atoms with Crippen molar-refractivity contribution in [2.24, 2.45) is 0 Å². The molecule has 1 amide bonds. The predicted molar refractivity (Wildman–Crippen MR) is 128 cm³/mol. The summed E-state index contributed by atoms with van der Waals surface area (Å²) in [7, 11) is 0. The molecule has 0 saturated carbocycles. The Morgan fingerprint density at radius 3 is 2.56 bits per heavy atom. The van der Waals surface area contributed by atoms with Gasteiger partial charge in [0.05, 0.1) is 18.3 Å². The Morgan fingerprint density at radius 1 is 1.21 bits per heavy atom. The van der Waals surface area contributed by atoms with E-state index in [0.717, 1.165) is 24.2 Å².